The highest BCUT2D eigenvalue weighted by atomic mass is 16.5. The normalized spacial score (nSPS) is 15.1. The number of carbonyl (C=O) groups excluding carboxylic acids is 3. The Labute approximate surface area is 210 Å². The van der Waals surface area contributed by atoms with Crippen molar-refractivity contribution in [2.75, 3.05) is 6.61 Å². The van der Waals surface area contributed by atoms with Crippen LogP contribution in [0.2, 0.25) is 0 Å². The molecule has 1 amide bonds. The van der Waals surface area contributed by atoms with Gasteiger partial charge in [-0.2, -0.15) is 0 Å². The fourth-order valence-corrected chi connectivity index (χ4v) is 4.61. The Morgan fingerprint density at radius 3 is 2.33 bits per heavy atom. The first kappa shape index (κ1) is 25.1. The molecule has 7 nitrogen and oxygen atoms in total. The zero-order chi connectivity index (χ0) is 26.0. The standard InChI is InChI=1S/C29H30N2O5/c1-5-36-28(35)23-15-22-24(16-29(3,4)17-25(22)32)31(27(23)34)21-13-11-20(12-14-21)26(33)30-18(2)19-9-7-6-8-10-19/h6-15,18H,5,16-17H2,1-4H3,(H,30,33). The van der Waals surface area contributed by atoms with Gasteiger partial charge in [-0.25, -0.2) is 4.79 Å². The van der Waals surface area contributed by atoms with Gasteiger partial charge in [0.25, 0.3) is 11.5 Å². The summed E-state index contributed by atoms with van der Waals surface area (Å²) in [5.74, 6) is -1.13. The number of ketones is 1. The molecule has 0 spiro atoms. The van der Waals surface area contributed by atoms with Gasteiger partial charge in [0, 0.05) is 28.9 Å². The average Bonchev–Trinajstić information content (AvgIpc) is 2.84. The molecule has 1 heterocycles. The van der Waals surface area contributed by atoms with E-state index in [1.807, 2.05) is 51.1 Å². The number of esters is 1. The molecule has 36 heavy (non-hydrogen) atoms. The maximum absolute atomic E-state index is 13.5. The van der Waals surface area contributed by atoms with Crippen LogP contribution in [-0.2, 0) is 11.2 Å². The van der Waals surface area contributed by atoms with Crippen LogP contribution in [0.3, 0.4) is 0 Å². The molecular formula is C29H30N2O5. The number of benzene rings is 2. The van der Waals surface area contributed by atoms with Crippen molar-refractivity contribution in [1.82, 2.24) is 9.88 Å². The lowest BCUT2D eigenvalue weighted by atomic mass is 9.75. The first-order chi connectivity index (χ1) is 17.1. The summed E-state index contributed by atoms with van der Waals surface area (Å²) in [6.07, 6.45) is 0.808. The van der Waals surface area contributed by atoms with E-state index >= 15 is 0 Å². The van der Waals surface area contributed by atoms with Crippen molar-refractivity contribution in [3.05, 3.63) is 99.0 Å². The van der Waals surface area contributed by atoms with Gasteiger partial charge in [-0.05, 0) is 61.6 Å². The van der Waals surface area contributed by atoms with Crippen LogP contribution in [0.1, 0.15) is 82.5 Å². The second kappa shape index (κ2) is 9.93. The van der Waals surface area contributed by atoms with Gasteiger partial charge in [-0.1, -0.05) is 44.2 Å². The Hall–Kier alpha value is -4.00. The number of pyridine rings is 1. The molecule has 0 radical (unpaired) electrons. The van der Waals surface area contributed by atoms with E-state index in [4.69, 9.17) is 4.74 Å². The summed E-state index contributed by atoms with van der Waals surface area (Å²) in [4.78, 5) is 51.8. The van der Waals surface area contributed by atoms with E-state index in [9.17, 15) is 19.2 Å². The van der Waals surface area contributed by atoms with Crippen LogP contribution in [0.25, 0.3) is 5.69 Å². The lowest BCUT2D eigenvalue weighted by Gasteiger charge is -2.32. The predicted molar refractivity (Wildman–Crippen MR) is 137 cm³/mol. The lowest BCUT2D eigenvalue weighted by Crippen LogP contribution is -2.37. The highest BCUT2D eigenvalue weighted by Gasteiger charge is 2.35. The van der Waals surface area contributed by atoms with E-state index in [1.54, 1.807) is 31.2 Å². The summed E-state index contributed by atoms with van der Waals surface area (Å²) >= 11 is 0. The van der Waals surface area contributed by atoms with Gasteiger partial charge in [-0.15, -0.1) is 0 Å². The number of aromatic nitrogens is 1. The van der Waals surface area contributed by atoms with E-state index in [0.717, 1.165) is 5.56 Å². The number of hydrogen-bond donors (Lipinski definition) is 1. The molecule has 1 aromatic heterocycles. The van der Waals surface area contributed by atoms with Gasteiger partial charge in [0.05, 0.1) is 12.6 Å². The topological polar surface area (TPSA) is 94.5 Å². The minimum absolute atomic E-state index is 0.113. The molecule has 1 N–H and O–H groups in total. The van der Waals surface area contributed by atoms with Crippen LogP contribution < -0.4 is 10.9 Å². The summed E-state index contributed by atoms with van der Waals surface area (Å²) in [6.45, 7) is 7.63. The van der Waals surface area contributed by atoms with E-state index < -0.39 is 11.5 Å². The number of amides is 1. The molecule has 7 heteroatoms. The first-order valence-electron chi connectivity index (χ1n) is 12.1. The monoisotopic (exact) mass is 486 g/mol. The Morgan fingerprint density at radius 2 is 1.69 bits per heavy atom. The summed E-state index contributed by atoms with van der Waals surface area (Å²) in [7, 11) is 0. The molecule has 186 valence electrons. The number of hydrogen-bond acceptors (Lipinski definition) is 5. The Morgan fingerprint density at radius 1 is 1.03 bits per heavy atom. The van der Waals surface area contributed by atoms with Crippen molar-refractivity contribution in [1.29, 1.82) is 0 Å². The molecular weight excluding hydrogens is 456 g/mol. The molecule has 1 aliphatic carbocycles. The van der Waals surface area contributed by atoms with Crippen LogP contribution in [0.5, 0.6) is 0 Å². The second-order valence-corrected chi connectivity index (χ2v) is 9.87. The second-order valence-electron chi connectivity index (χ2n) is 9.87. The van der Waals surface area contributed by atoms with Gasteiger partial charge in [0.1, 0.15) is 5.56 Å². The molecule has 0 aliphatic heterocycles. The molecule has 1 aliphatic rings. The van der Waals surface area contributed by atoms with Crippen molar-refractivity contribution in [3.8, 4) is 5.69 Å². The summed E-state index contributed by atoms with van der Waals surface area (Å²) < 4.78 is 6.49. The number of carbonyl (C=O) groups is 3. The molecule has 1 unspecified atom stereocenters. The summed E-state index contributed by atoms with van der Waals surface area (Å²) in [5.41, 5.74) is 1.75. The van der Waals surface area contributed by atoms with Crippen molar-refractivity contribution in [2.24, 2.45) is 5.41 Å². The van der Waals surface area contributed by atoms with Crippen molar-refractivity contribution < 1.29 is 19.1 Å². The number of ether oxygens (including phenoxy) is 1. The third-order valence-electron chi connectivity index (χ3n) is 6.42. The lowest BCUT2D eigenvalue weighted by molar-refractivity contribution is 0.0523. The molecule has 0 fully saturated rings. The molecule has 4 rings (SSSR count). The van der Waals surface area contributed by atoms with Gasteiger partial charge < -0.3 is 10.1 Å². The summed E-state index contributed by atoms with van der Waals surface area (Å²) in [5, 5.41) is 2.97. The fourth-order valence-electron chi connectivity index (χ4n) is 4.61. The minimum atomic E-state index is -0.761. The smallest absolute Gasteiger partial charge is 0.343 e. The molecule has 0 saturated heterocycles. The Bertz CT molecular complexity index is 1370. The van der Waals surface area contributed by atoms with Gasteiger partial charge in [-0.3, -0.25) is 19.0 Å². The highest BCUT2D eigenvalue weighted by molar-refractivity contribution is 6.01. The van der Waals surface area contributed by atoms with E-state index in [-0.39, 0.29) is 35.3 Å². The van der Waals surface area contributed by atoms with Crippen molar-refractivity contribution in [2.45, 2.75) is 46.6 Å². The Balaban J connectivity index is 1.73. The fraction of sp³-hybridized carbons (Fsp3) is 0.310. The SMILES string of the molecule is CCOC(=O)c1cc2c(n(-c3ccc(C(=O)NC(C)c4ccccc4)cc3)c1=O)CC(C)(C)CC2=O. The molecule has 0 saturated carbocycles. The number of nitrogens with one attached hydrogen (secondary N) is 1. The number of Topliss-reactive ketones (excluding diaryl/α,β-unsaturated/α-hetero) is 1. The van der Waals surface area contributed by atoms with Crippen LogP contribution in [-0.4, -0.2) is 28.8 Å². The predicted octanol–water partition coefficient (Wildman–Crippen LogP) is 4.66. The maximum atomic E-state index is 13.5. The molecule has 1 atom stereocenters. The number of nitrogens with zero attached hydrogens (tertiary/aromatic N) is 1. The Kier molecular flexibility index (Phi) is 6.93. The van der Waals surface area contributed by atoms with E-state index in [0.29, 0.717) is 35.3 Å². The zero-order valence-electron chi connectivity index (χ0n) is 21.0. The molecule has 2 aromatic carbocycles. The van der Waals surface area contributed by atoms with Crippen LogP contribution in [0.4, 0.5) is 0 Å². The minimum Gasteiger partial charge on any atom is -0.462 e. The number of fused-ring (bicyclic) bond motifs is 1. The van der Waals surface area contributed by atoms with E-state index in [2.05, 4.69) is 5.32 Å². The van der Waals surface area contributed by atoms with Crippen LogP contribution in [0, 0.1) is 5.41 Å². The maximum Gasteiger partial charge on any atom is 0.343 e. The van der Waals surface area contributed by atoms with Crippen LogP contribution in [0.15, 0.2) is 65.5 Å². The third-order valence-corrected chi connectivity index (χ3v) is 6.42. The number of rotatable bonds is 6. The summed E-state index contributed by atoms with van der Waals surface area (Å²) in [6, 6.07) is 17.4. The zero-order valence-corrected chi connectivity index (χ0v) is 21.0. The van der Waals surface area contributed by atoms with E-state index in [1.165, 1.54) is 10.6 Å². The average molecular weight is 487 g/mol. The molecule has 0 bridgehead atoms. The van der Waals surface area contributed by atoms with Gasteiger partial charge in [0.15, 0.2) is 5.78 Å². The largest absolute Gasteiger partial charge is 0.462 e. The highest BCUT2D eigenvalue weighted by Crippen LogP contribution is 2.35. The molecule has 3 aromatic rings. The third kappa shape index (κ3) is 5.00. The first-order valence-corrected chi connectivity index (χ1v) is 12.1. The van der Waals surface area contributed by atoms with Gasteiger partial charge >= 0.3 is 5.97 Å². The van der Waals surface area contributed by atoms with Crippen LogP contribution >= 0.6 is 0 Å². The van der Waals surface area contributed by atoms with Crippen molar-refractivity contribution >= 4 is 17.7 Å². The van der Waals surface area contributed by atoms with Crippen molar-refractivity contribution in [3.63, 3.8) is 0 Å². The quantitative estimate of drug-likeness (QED) is 0.512. The van der Waals surface area contributed by atoms with Gasteiger partial charge in [0.2, 0.25) is 0 Å².